The van der Waals surface area contributed by atoms with E-state index in [1.54, 1.807) is 24.3 Å². The first-order chi connectivity index (χ1) is 11.7. The van der Waals surface area contributed by atoms with Crippen LogP contribution in [0, 0.1) is 5.82 Å². The van der Waals surface area contributed by atoms with Crippen LogP contribution in [0.15, 0.2) is 54.6 Å². The van der Waals surface area contributed by atoms with Gasteiger partial charge in [0.05, 0.1) is 7.11 Å². The number of carbonyl (C=O) groups is 1. The van der Waals surface area contributed by atoms with Gasteiger partial charge < -0.3 is 14.8 Å². The van der Waals surface area contributed by atoms with Crippen molar-refractivity contribution in [1.82, 2.24) is 5.32 Å². The molecule has 0 aliphatic rings. The molecule has 0 aromatic heterocycles. The molecule has 0 radical (unpaired) electrons. The van der Waals surface area contributed by atoms with E-state index in [2.05, 4.69) is 5.32 Å². The molecular weight excluding hydrogens is 309 g/mol. The highest BCUT2D eigenvalue weighted by atomic mass is 19.1. The van der Waals surface area contributed by atoms with Gasteiger partial charge in [-0.15, -0.1) is 0 Å². The summed E-state index contributed by atoms with van der Waals surface area (Å²) >= 11 is 0. The van der Waals surface area contributed by atoms with Crippen LogP contribution in [0.5, 0.6) is 5.75 Å². The maximum atomic E-state index is 13.6. The van der Waals surface area contributed by atoms with Crippen LogP contribution in [0.25, 0.3) is 6.08 Å². The standard InChI is InChI=1S/C19H20FNO3/c1-23-17-10-11-18(20)16(13-17)9-5-6-12-21-19(22)24-14-15-7-3-2-4-8-15/h2-5,7-11,13H,6,12,14H2,1H3,(H,21,22). The van der Waals surface area contributed by atoms with Gasteiger partial charge in [0.25, 0.3) is 0 Å². The van der Waals surface area contributed by atoms with Gasteiger partial charge in [0.1, 0.15) is 18.2 Å². The van der Waals surface area contributed by atoms with Crippen LogP contribution in [0.1, 0.15) is 17.5 Å². The fourth-order valence-corrected chi connectivity index (χ4v) is 2.02. The Labute approximate surface area is 140 Å². The molecule has 0 saturated heterocycles. The molecule has 0 aliphatic carbocycles. The van der Waals surface area contributed by atoms with E-state index in [9.17, 15) is 9.18 Å². The highest BCUT2D eigenvalue weighted by molar-refractivity contribution is 5.67. The van der Waals surface area contributed by atoms with Crippen molar-refractivity contribution in [2.24, 2.45) is 0 Å². The monoisotopic (exact) mass is 329 g/mol. The number of hydrogen-bond donors (Lipinski definition) is 1. The molecule has 24 heavy (non-hydrogen) atoms. The Morgan fingerprint density at radius 3 is 2.75 bits per heavy atom. The number of alkyl carbamates (subject to hydrolysis) is 1. The summed E-state index contributed by atoms with van der Waals surface area (Å²) in [6.07, 6.45) is 3.54. The number of hydrogen-bond acceptors (Lipinski definition) is 3. The molecule has 2 rings (SSSR count). The summed E-state index contributed by atoms with van der Waals surface area (Å²) in [5.74, 6) is 0.279. The Hall–Kier alpha value is -2.82. The Morgan fingerprint density at radius 2 is 2.00 bits per heavy atom. The van der Waals surface area contributed by atoms with Crippen LogP contribution < -0.4 is 10.1 Å². The molecule has 0 unspecified atom stereocenters. The van der Waals surface area contributed by atoms with Crippen LogP contribution in [-0.4, -0.2) is 19.7 Å². The molecule has 2 aromatic rings. The predicted molar refractivity (Wildman–Crippen MR) is 91.2 cm³/mol. The van der Waals surface area contributed by atoms with Gasteiger partial charge in [0.2, 0.25) is 0 Å². The van der Waals surface area contributed by atoms with Gasteiger partial charge in [-0.25, -0.2) is 9.18 Å². The quantitative estimate of drug-likeness (QED) is 0.776. The maximum Gasteiger partial charge on any atom is 0.407 e. The van der Waals surface area contributed by atoms with Crippen molar-refractivity contribution in [2.45, 2.75) is 13.0 Å². The number of halogens is 1. The zero-order valence-corrected chi connectivity index (χ0v) is 13.5. The average Bonchev–Trinajstić information content (AvgIpc) is 2.62. The second-order valence-corrected chi connectivity index (χ2v) is 5.07. The minimum absolute atomic E-state index is 0.234. The summed E-state index contributed by atoms with van der Waals surface area (Å²) in [6.45, 7) is 0.646. The molecule has 0 spiro atoms. The fourth-order valence-electron chi connectivity index (χ4n) is 2.02. The van der Waals surface area contributed by atoms with Gasteiger partial charge in [0, 0.05) is 12.1 Å². The van der Waals surface area contributed by atoms with Gasteiger partial charge in [0.15, 0.2) is 0 Å². The fraction of sp³-hybridized carbons (Fsp3) is 0.211. The molecule has 0 aliphatic heterocycles. The van der Waals surface area contributed by atoms with Crippen LogP contribution in [0.3, 0.4) is 0 Å². The molecule has 5 heteroatoms. The van der Waals surface area contributed by atoms with Crippen molar-refractivity contribution in [2.75, 3.05) is 13.7 Å². The summed E-state index contributed by atoms with van der Waals surface area (Å²) in [7, 11) is 1.53. The van der Waals surface area contributed by atoms with Crippen molar-refractivity contribution < 1.29 is 18.7 Å². The number of rotatable bonds is 7. The highest BCUT2D eigenvalue weighted by Gasteiger charge is 2.02. The molecule has 0 fully saturated rings. The van der Waals surface area contributed by atoms with Crippen LogP contribution >= 0.6 is 0 Å². The lowest BCUT2D eigenvalue weighted by atomic mass is 10.1. The highest BCUT2D eigenvalue weighted by Crippen LogP contribution is 2.17. The molecule has 126 valence electrons. The minimum atomic E-state index is -0.472. The van der Waals surface area contributed by atoms with E-state index in [1.807, 2.05) is 30.3 Å². The second-order valence-electron chi connectivity index (χ2n) is 5.07. The van der Waals surface area contributed by atoms with Gasteiger partial charge in [-0.05, 0) is 30.2 Å². The largest absolute Gasteiger partial charge is 0.497 e. The first-order valence-corrected chi connectivity index (χ1v) is 7.63. The molecule has 1 N–H and O–H groups in total. The summed E-state index contributed by atoms with van der Waals surface area (Å²) < 4.78 is 23.8. The third-order valence-electron chi connectivity index (χ3n) is 3.29. The summed E-state index contributed by atoms with van der Waals surface area (Å²) in [4.78, 5) is 11.6. The molecule has 0 bridgehead atoms. The van der Waals surface area contributed by atoms with Crippen LogP contribution in [0.2, 0.25) is 0 Å². The van der Waals surface area contributed by atoms with E-state index in [0.717, 1.165) is 5.56 Å². The summed E-state index contributed by atoms with van der Waals surface area (Å²) in [6, 6.07) is 14.0. The lowest BCUT2D eigenvalue weighted by Gasteiger charge is -2.06. The maximum absolute atomic E-state index is 13.6. The normalized spacial score (nSPS) is 10.6. The Kier molecular flexibility index (Phi) is 6.83. The number of ether oxygens (including phenoxy) is 2. The topological polar surface area (TPSA) is 47.6 Å². The smallest absolute Gasteiger partial charge is 0.407 e. The van der Waals surface area contributed by atoms with Crippen molar-refractivity contribution >= 4 is 12.2 Å². The first kappa shape index (κ1) is 17.5. The van der Waals surface area contributed by atoms with E-state index in [0.29, 0.717) is 24.3 Å². The van der Waals surface area contributed by atoms with E-state index >= 15 is 0 Å². The third-order valence-corrected chi connectivity index (χ3v) is 3.29. The number of methoxy groups -OCH3 is 1. The molecule has 2 aromatic carbocycles. The lowest BCUT2D eigenvalue weighted by molar-refractivity contribution is 0.140. The molecule has 0 saturated carbocycles. The van der Waals surface area contributed by atoms with Crippen LogP contribution in [0.4, 0.5) is 9.18 Å². The molecule has 1 amide bonds. The average molecular weight is 329 g/mol. The number of amides is 1. The molecule has 0 atom stereocenters. The Morgan fingerprint density at radius 1 is 1.21 bits per heavy atom. The van der Waals surface area contributed by atoms with E-state index in [1.165, 1.54) is 13.2 Å². The molecular formula is C19H20FNO3. The lowest BCUT2D eigenvalue weighted by Crippen LogP contribution is -2.24. The minimum Gasteiger partial charge on any atom is -0.497 e. The van der Waals surface area contributed by atoms with Crippen LogP contribution in [-0.2, 0) is 11.3 Å². The third kappa shape index (κ3) is 5.76. The molecule has 4 nitrogen and oxygen atoms in total. The molecule has 0 heterocycles. The number of nitrogens with one attached hydrogen (secondary N) is 1. The van der Waals surface area contributed by atoms with Crippen molar-refractivity contribution in [3.05, 3.63) is 71.6 Å². The zero-order chi connectivity index (χ0) is 17.2. The Balaban J connectivity index is 1.69. The van der Waals surface area contributed by atoms with Gasteiger partial charge in [-0.3, -0.25) is 0 Å². The van der Waals surface area contributed by atoms with Gasteiger partial charge in [-0.1, -0.05) is 42.5 Å². The summed E-state index contributed by atoms with van der Waals surface area (Å²) in [5.41, 5.74) is 1.38. The predicted octanol–water partition coefficient (Wildman–Crippen LogP) is 4.16. The Bertz CT molecular complexity index is 686. The SMILES string of the molecule is COc1ccc(F)c(C=CCCNC(=O)OCc2ccccc2)c1. The second kappa shape index (κ2) is 9.35. The van der Waals surface area contributed by atoms with Crippen molar-refractivity contribution in [1.29, 1.82) is 0 Å². The first-order valence-electron chi connectivity index (χ1n) is 7.63. The summed E-state index contributed by atoms with van der Waals surface area (Å²) in [5, 5.41) is 2.65. The van der Waals surface area contributed by atoms with E-state index < -0.39 is 6.09 Å². The van der Waals surface area contributed by atoms with Crippen molar-refractivity contribution in [3.8, 4) is 5.75 Å². The zero-order valence-electron chi connectivity index (χ0n) is 13.5. The number of benzene rings is 2. The number of carbonyl (C=O) groups excluding carboxylic acids is 1. The van der Waals surface area contributed by atoms with E-state index in [4.69, 9.17) is 9.47 Å². The van der Waals surface area contributed by atoms with Gasteiger partial charge >= 0.3 is 6.09 Å². The van der Waals surface area contributed by atoms with Gasteiger partial charge in [-0.2, -0.15) is 0 Å². The van der Waals surface area contributed by atoms with E-state index in [-0.39, 0.29) is 12.4 Å². The van der Waals surface area contributed by atoms with Crippen molar-refractivity contribution in [3.63, 3.8) is 0 Å².